The molecule has 0 unspecified atom stereocenters. The van der Waals surface area contributed by atoms with Crippen molar-refractivity contribution in [2.75, 3.05) is 0 Å². The highest BCUT2D eigenvalue weighted by molar-refractivity contribution is 4.60. The first kappa shape index (κ1) is 46.8. The van der Waals surface area contributed by atoms with Crippen LogP contribution in [0.1, 0.15) is 43.1 Å². The molecule has 0 saturated carbocycles. The van der Waals surface area contributed by atoms with Crippen LogP contribution in [0, 0.1) is 0 Å². The third-order valence-corrected chi connectivity index (χ3v) is 0.289. The fraction of sp³-hybridized carbons (Fsp3) is 0.750. The zero-order valence-electron chi connectivity index (χ0n) is 2.99. The molecule has 0 radical (unpaired) electrons. The van der Waals surface area contributed by atoms with Gasteiger partial charge in [0.25, 0.3) is 0 Å². The number of allylic oxidation sites excluding steroid dienone is 1. The Morgan fingerprint density at radius 1 is 1.12 bits per heavy atom. The average molecular weight is 120 g/mol. The fourth-order valence-corrected chi connectivity index (χ4v) is 0. The zero-order chi connectivity index (χ0) is 3.41. The van der Waals surface area contributed by atoms with Crippen LogP contribution in [-0.2, 0) is 0 Å². The summed E-state index contributed by atoms with van der Waals surface area (Å²) in [6, 6.07) is 0. The van der Waals surface area contributed by atoms with E-state index in [1.54, 1.807) is 0 Å². The highest BCUT2D eigenvalue weighted by Gasteiger charge is 1.45. The minimum atomic E-state index is 0. The van der Waals surface area contributed by atoms with E-state index in [-0.39, 0.29) is 29.7 Å². The summed E-state index contributed by atoms with van der Waals surface area (Å²) >= 11 is 0. The molecule has 0 aliphatic heterocycles. The molecule has 0 rings (SSSR count). The highest BCUT2D eigenvalue weighted by atomic mass is 13.5. The Morgan fingerprint density at radius 2 is 1.25 bits per heavy atom. The van der Waals surface area contributed by atoms with Crippen LogP contribution in [0.25, 0.3) is 0 Å². The lowest BCUT2D eigenvalue weighted by atomic mass is 10.5. The molecule has 0 nitrogen and oxygen atoms in total. The lowest BCUT2D eigenvalue weighted by Gasteiger charge is -1.57. The second kappa shape index (κ2) is 73.3. The van der Waals surface area contributed by atoms with E-state index in [0.29, 0.717) is 0 Å². The van der Waals surface area contributed by atoms with Gasteiger partial charge in [-0.05, 0) is 6.42 Å². The standard InChI is InChI=1S/C4H8.4CH4/c1-3-4-2;;;;/h3H,1,4H2,2H3;4*1H4. The molecule has 0 spiro atoms. The zero-order valence-corrected chi connectivity index (χ0v) is 2.99. The second-order valence-corrected chi connectivity index (χ2v) is 0.697. The quantitative estimate of drug-likeness (QED) is 0.456. The topological polar surface area (TPSA) is 0 Å². The minimum Gasteiger partial charge on any atom is -0.103 e. The molecule has 0 aromatic heterocycles. The van der Waals surface area contributed by atoms with Crippen molar-refractivity contribution in [3.05, 3.63) is 12.7 Å². The van der Waals surface area contributed by atoms with Gasteiger partial charge in [-0.15, -0.1) is 6.58 Å². The summed E-state index contributed by atoms with van der Waals surface area (Å²) in [5, 5.41) is 0. The van der Waals surface area contributed by atoms with Crippen LogP contribution in [0.4, 0.5) is 0 Å². The van der Waals surface area contributed by atoms with E-state index in [0.717, 1.165) is 6.42 Å². The number of hydrogen-bond acceptors (Lipinski definition) is 0. The molecular formula is C8H24. The predicted octanol–water partition coefficient (Wildman–Crippen LogP) is 4.13. The minimum absolute atomic E-state index is 0. The lowest BCUT2D eigenvalue weighted by molar-refractivity contribution is 1.23. The Labute approximate surface area is 56.6 Å². The molecule has 0 heteroatoms. The predicted molar refractivity (Wildman–Crippen MR) is 47.4 cm³/mol. The number of rotatable bonds is 1. The number of hydrogen-bond donors (Lipinski definition) is 0. The maximum atomic E-state index is 3.48. The van der Waals surface area contributed by atoms with Crippen LogP contribution in [0.3, 0.4) is 0 Å². The summed E-state index contributed by atoms with van der Waals surface area (Å²) < 4.78 is 0. The van der Waals surface area contributed by atoms with Crippen molar-refractivity contribution in [1.29, 1.82) is 0 Å². The molecule has 0 aromatic carbocycles. The van der Waals surface area contributed by atoms with Gasteiger partial charge in [0.05, 0.1) is 0 Å². The van der Waals surface area contributed by atoms with Crippen LogP contribution in [0.2, 0.25) is 0 Å². The van der Waals surface area contributed by atoms with Gasteiger partial charge in [-0.2, -0.15) is 0 Å². The van der Waals surface area contributed by atoms with Gasteiger partial charge < -0.3 is 0 Å². The first-order chi connectivity index (χ1) is 1.91. The molecule has 0 N–H and O–H groups in total. The van der Waals surface area contributed by atoms with E-state index >= 15 is 0 Å². The molecule has 0 amide bonds. The Hall–Kier alpha value is -0.260. The summed E-state index contributed by atoms with van der Waals surface area (Å²) in [6.45, 7) is 5.54. The van der Waals surface area contributed by atoms with Crippen molar-refractivity contribution in [3.8, 4) is 0 Å². The van der Waals surface area contributed by atoms with E-state index < -0.39 is 0 Å². The maximum absolute atomic E-state index is 3.48. The van der Waals surface area contributed by atoms with Crippen LogP contribution in [0.15, 0.2) is 12.7 Å². The van der Waals surface area contributed by atoms with Crippen molar-refractivity contribution in [3.63, 3.8) is 0 Å². The lowest BCUT2D eigenvalue weighted by Crippen LogP contribution is -1.36. The molecule has 8 heavy (non-hydrogen) atoms. The largest absolute Gasteiger partial charge is 0.103 e. The second-order valence-electron chi connectivity index (χ2n) is 0.697. The van der Waals surface area contributed by atoms with Crippen molar-refractivity contribution in [1.82, 2.24) is 0 Å². The molecule has 0 aliphatic rings. The van der Waals surface area contributed by atoms with Crippen molar-refractivity contribution >= 4 is 0 Å². The van der Waals surface area contributed by atoms with Crippen molar-refractivity contribution < 1.29 is 0 Å². The first-order valence-corrected chi connectivity index (χ1v) is 1.52. The SMILES string of the molecule is C.C.C.C.C=CCC. The highest BCUT2D eigenvalue weighted by Crippen LogP contribution is 1.66. The summed E-state index contributed by atoms with van der Waals surface area (Å²) in [7, 11) is 0. The average Bonchev–Trinajstić information content (AvgIpc) is 1.37. The van der Waals surface area contributed by atoms with Gasteiger partial charge in [0.15, 0.2) is 0 Å². The Kier molecular flexibility index (Phi) is 429. The summed E-state index contributed by atoms with van der Waals surface area (Å²) in [5.41, 5.74) is 0. The molecule has 0 fully saturated rings. The molecule has 0 aliphatic carbocycles. The van der Waals surface area contributed by atoms with Gasteiger partial charge in [-0.3, -0.25) is 0 Å². The van der Waals surface area contributed by atoms with Gasteiger partial charge in [0.2, 0.25) is 0 Å². The van der Waals surface area contributed by atoms with Gasteiger partial charge in [-0.1, -0.05) is 42.7 Å². The van der Waals surface area contributed by atoms with E-state index in [9.17, 15) is 0 Å². The van der Waals surface area contributed by atoms with Crippen LogP contribution >= 0.6 is 0 Å². The van der Waals surface area contributed by atoms with Crippen molar-refractivity contribution in [2.24, 2.45) is 0 Å². The van der Waals surface area contributed by atoms with Gasteiger partial charge in [-0.25, -0.2) is 0 Å². The molecular weight excluding hydrogens is 96.1 g/mol. The third kappa shape index (κ3) is 236. The van der Waals surface area contributed by atoms with Gasteiger partial charge in [0, 0.05) is 0 Å². The molecule has 0 bridgehead atoms. The van der Waals surface area contributed by atoms with Crippen LogP contribution in [-0.4, -0.2) is 0 Å². The first-order valence-electron chi connectivity index (χ1n) is 1.52. The van der Waals surface area contributed by atoms with Gasteiger partial charge >= 0.3 is 0 Å². The molecule has 0 atom stereocenters. The third-order valence-electron chi connectivity index (χ3n) is 0.289. The van der Waals surface area contributed by atoms with Crippen LogP contribution in [0.5, 0.6) is 0 Å². The Morgan fingerprint density at radius 3 is 1.25 bits per heavy atom. The van der Waals surface area contributed by atoms with E-state index in [2.05, 4.69) is 13.5 Å². The molecule has 0 saturated heterocycles. The summed E-state index contributed by atoms with van der Waals surface area (Å²) in [5.74, 6) is 0. The Bertz CT molecular complexity index is 14.0. The summed E-state index contributed by atoms with van der Waals surface area (Å²) in [6.07, 6.45) is 2.96. The normalized spacial score (nSPS) is 3.12. The van der Waals surface area contributed by atoms with E-state index in [1.165, 1.54) is 0 Å². The molecule has 0 heterocycles. The monoisotopic (exact) mass is 120 g/mol. The smallest absolute Gasteiger partial charge is 0.0382 e. The van der Waals surface area contributed by atoms with E-state index in [1.807, 2.05) is 6.08 Å². The Balaban J connectivity index is -0.00000000750. The molecule has 0 aromatic rings. The maximum Gasteiger partial charge on any atom is -0.0382 e. The summed E-state index contributed by atoms with van der Waals surface area (Å²) in [4.78, 5) is 0. The van der Waals surface area contributed by atoms with Crippen LogP contribution < -0.4 is 0 Å². The molecule has 56 valence electrons. The fourth-order valence-electron chi connectivity index (χ4n) is 0. The van der Waals surface area contributed by atoms with E-state index in [4.69, 9.17) is 0 Å². The van der Waals surface area contributed by atoms with Crippen molar-refractivity contribution in [2.45, 2.75) is 43.1 Å². The van der Waals surface area contributed by atoms with Gasteiger partial charge in [0.1, 0.15) is 0 Å².